The lowest BCUT2D eigenvalue weighted by atomic mass is 10.2. The Labute approximate surface area is 74.7 Å². The number of aliphatic carboxylic acids is 1. The van der Waals surface area contributed by atoms with E-state index in [-0.39, 0.29) is 19.3 Å². The molecular formula is C7H12O6. The molecule has 1 atom stereocenters. The van der Waals surface area contributed by atoms with Crippen molar-refractivity contribution in [1.29, 1.82) is 0 Å². The van der Waals surface area contributed by atoms with Crippen LogP contribution in [0.5, 0.6) is 0 Å². The minimum Gasteiger partial charge on any atom is -0.481 e. The molecule has 76 valence electrons. The van der Waals surface area contributed by atoms with Crippen LogP contribution in [0.15, 0.2) is 0 Å². The third-order valence-corrected chi connectivity index (χ3v) is 1.20. The van der Waals surface area contributed by atoms with Gasteiger partial charge in [-0.15, -0.1) is 0 Å². The Balaban J connectivity index is 3.46. The molecule has 0 saturated carbocycles. The monoisotopic (exact) mass is 192 g/mol. The number of hydrogen-bond acceptors (Lipinski definition) is 5. The Kier molecular flexibility index (Phi) is 5.82. The van der Waals surface area contributed by atoms with Crippen LogP contribution in [0.2, 0.25) is 0 Å². The summed E-state index contributed by atoms with van der Waals surface area (Å²) >= 11 is 0. The lowest BCUT2D eigenvalue weighted by Gasteiger charge is -2.07. The van der Waals surface area contributed by atoms with Gasteiger partial charge in [0, 0.05) is 12.8 Å². The summed E-state index contributed by atoms with van der Waals surface area (Å²) in [6, 6.07) is 0. The molecule has 6 heteroatoms. The van der Waals surface area contributed by atoms with Gasteiger partial charge in [0.2, 0.25) is 6.29 Å². The molecule has 0 amide bonds. The van der Waals surface area contributed by atoms with E-state index in [1.165, 1.54) is 0 Å². The molecular weight excluding hydrogens is 180 g/mol. The van der Waals surface area contributed by atoms with Crippen molar-refractivity contribution in [1.82, 2.24) is 0 Å². The molecule has 1 unspecified atom stereocenters. The summed E-state index contributed by atoms with van der Waals surface area (Å²) in [6.07, 6.45) is -1.56. The van der Waals surface area contributed by atoms with E-state index in [4.69, 9.17) is 15.3 Å². The number of carboxylic acid groups (broad SMARTS) is 1. The van der Waals surface area contributed by atoms with Gasteiger partial charge in [0.05, 0.1) is 0 Å². The molecule has 0 saturated heterocycles. The molecule has 0 radical (unpaired) electrons. The van der Waals surface area contributed by atoms with Crippen LogP contribution >= 0.6 is 0 Å². The number of aliphatic hydroxyl groups excluding tert-OH is 2. The van der Waals surface area contributed by atoms with Gasteiger partial charge in [-0.2, -0.15) is 0 Å². The third-order valence-electron chi connectivity index (χ3n) is 1.20. The second kappa shape index (κ2) is 6.38. The number of carbonyl (C=O) groups excluding carboxylic acids is 1. The van der Waals surface area contributed by atoms with Gasteiger partial charge >= 0.3 is 11.9 Å². The Morgan fingerprint density at radius 1 is 1.31 bits per heavy atom. The van der Waals surface area contributed by atoms with Crippen LogP contribution in [-0.4, -0.2) is 40.2 Å². The molecule has 6 nitrogen and oxygen atoms in total. The smallest absolute Gasteiger partial charge is 0.308 e. The van der Waals surface area contributed by atoms with E-state index >= 15 is 0 Å². The van der Waals surface area contributed by atoms with Gasteiger partial charge in [-0.05, 0) is 6.42 Å². The molecule has 0 bridgehead atoms. The van der Waals surface area contributed by atoms with Crippen molar-refractivity contribution in [2.75, 3.05) is 6.61 Å². The summed E-state index contributed by atoms with van der Waals surface area (Å²) in [5, 5.41) is 25.1. The van der Waals surface area contributed by atoms with E-state index in [1.54, 1.807) is 0 Å². The zero-order valence-corrected chi connectivity index (χ0v) is 6.97. The fourth-order valence-electron chi connectivity index (χ4n) is 0.632. The van der Waals surface area contributed by atoms with E-state index in [9.17, 15) is 9.59 Å². The van der Waals surface area contributed by atoms with Crippen LogP contribution in [0.1, 0.15) is 19.3 Å². The van der Waals surface area contributed by atoms with Gasteiger partial charge in [0.1, 0.15) is 6.61 Å². The van der Waals surface area contributed by atoms with Crippen LogP contribution in [-0.2, 0) is 14.3 Å². The number of rotatable bonds is 6. The molecule has 0 heterocycles. The molecule has 0 aromatic rings. The van der Waals surface area contributed by atoms with Crippen molar-refractivity contribution < 1.29 is 29.6 Å². The first kappa shape index (κ1) is 11.9. The summed E-state index contributed by atoms with van der Waals surface area (Å²) in [5.74, 6) is -1.71. The molecule has 0 fully saturated rings. The van der Waals surface area contributed by atoms with E-state index in [1.807, 2.05) is 0 Å². The zero-order chi connectivity index (χ0) is 10.3. The summed E-state index contributed by atoms with van der Waals surface area (Å²) in [4.78, 5) is 20.7. The Morgan fingerprint density at radius 2 is 1.92 bits per heavy atom. The van der Waals surface area contributed by atoms with Crippen LogP contribution in [0, 0.1) is 0 Å². The predicted molar refractivity (Wildman–Crippen MR) is 40.7 cm³/mol. The minimum absolute atomic E-state index is 0.0800. The number of carbonyl (C=O) groups is 2. The number of carboxylic acids is 1. The number of ether oxygens (including phenoxy) is 1. The van der Waals surface area contributed by atoms with E-state index in [0.29, 0.717) is 0 Å². The summed E-state index contributed by atoms with van der Waals surface area (Å²) in [7, 11) is 0. The van der Waals surface area contributed by atoms with Crippen molar-refractivity contribution in [2.24, 2.45) is 0 Å². The first-order chi connectivity index (χ1) is 6.06. The second-order valence-corrected chi connectivity index (χ2v) is 2.37. The highest BCUT2D eigenvalue weighted by Gasteiger charge is 2.09. The van der Waals surface area contributed by atoms with Gasteiger partial charge in [-0.3, -0.25) is 9.59 Å². The van der Waals surface area contributed by atoms with Crippen molar-refractivity contribution in [3.05, 3.63) is 0 Å². The van der Waals surface area contributed by atoms with Gasteiger partial charge in [-0.25, -0.2) is 0 Å². The normalized spacial score (nSPS) is 12.2. The van der Waals surface area contributed by atoms with Crippen molar-refractivity contribution in [3.8, 4) is 0 Å². The Bertz CT molecular complexity index is 178. The average Bonchev–Trinajstić information content (AvgIpc) is 2.03. The quantitative estimate of drug-likeness (QED) is 0.372. The standard InChI is InChI=1S/C7H12O6/c8-4-7(12)13-6(11)3-1-2-5(9)10/h7-8,12H,1-4H2,(H,9,10). The van der Waals surface area contributed by atoms with Crippen LogP contribution < -0.4 is 0 Å². The number of esters is 1. The van der Waals surface area contributed by atoms with E-state index in [2.05, 4.69) is 4.74 Å². The number of hydrogen-bond donors (Lipinski definition) is 3. The second-order valence-electron chi connectivity index (χ2n) is 2.37. The number of aliphatic hydroxyl groups is 2. The van der Waals surface area contributed by atoms with Crippen LogP contribution in [0.25, 0.3) is 0 Å². The predicted octanol–water partition coefficient (Wildman–Crippen LogP) is -0.905. The van der Waals surface area contributed by atoms with Crippen molar-refractivity contribution in [3.63, 3.8) is 0 Å². The topological polar surface area (TPSA) is 104 Å². The molecule has 0 aliphatic carbocycles. The molecule has 0 rings (SSSR count). The highest BCUT2D eigenvalue weighted by molar-refractivity contribution is 5.71. The molecule has 13 heavy (non-hydrogen) atoms. The molecule has 0 aliphatic heterocycles. The zero-order valence-electron chi connectivity index (χ0n) is 6.97. The van der Waals surface area contributed by atoms with Crippen molar-refractivity contribution in [2.45, 2.75) is 25.6 Å². The molecule has 0 aliphatic rings. The maximum Gasteiger partial charge on any atom is 0.308 e. The average molecular weight is 192 g/mol. The lowest BCUT2D eigenvalue weighted by Crippen LogP contribution is -2.21. The fraction of sp³-hybridized carbons (Fsp3) is 0.714. The lowest BCUT2D eigenvalue weighted by molar-refractivity contribution is -0.173. The van der Waals surface area contributed by atoms with Crippen molar-refractivity contribution >= 4 is 11.9 Å². The van der Waals surface area contributed by atoms with Crippen LogP contribution in [0.4, 0.5) is 0 Å². The largest absolute Gasteiger partial charge is 0.481 e. The molecule has 3 N–H and O–H groups in total. The Morgan fingerprint density at radius 3 is 2.38 bits per heavy atom. The van der Waals surface area contributed by atoms with E-state index in [0.717, 1.165) is 0 Å². The third kappa shape index (κ3) is 7.23. The highest BCUT2D eigenvalue weighted by Crippen LogP contribution is 1.99. The molecule has 0 spiro atoms. The maximum atomic E-state index is 10.7. The first-order valence-electron chi connectivity index (χ1n) is 3.76. The fourth-order valence-corrected chi connectivity index (χ4v) is 0.632. The van der Waals surface area contributed by atoms with E-state index < -0.39 is 24.8 Å². The van der Waals surface area contributed by atoms with Crippen LogP contribution in [0.3, 0.4) is 0 Å². The van der Waals surface area contributed by atoms with Gasteiger partial charge in [0.25, 0.3) is 0 Å². The summed E-state index contributed by atoms with van der Waals surface area (Å²) < 4.78 is 4.26. The maximum absolute atomic E-state index is 10.7. The summed E-state index contributed by atoms with van der Waals surface area (Å²) in [5.41, 5.74) is 0. The van der Waals surface area contributed by atoms with Gasteiger partial charge in [-0.1, -0.05) is 0 Å². The summed E-state index contributed by atoms with van der Waals surface area (Å²) in [6.45, 7) is -0.662. The first-order valence-corrected chi connectivity index (χ1v) is 3.76. The SMILES string of the molecule is O=C(O)CCCC(=O)OC(O)CO. The molecule has 0 aromatic heterocycles. The highest BCUT2D eigenvalue weighted by atomic mass is 16.6. The molecule has 0 aromatic carbocycles. The van der Waals surface area contributed by atoms with Gasteiger partial charge in [0.15, 0.2) is 0 Å². The van der Waals surface area contributed by atoms with Gasteiger partial charge < -0.3 is 20.1 Å². The Hall–Kier alpha value is -1.14. The minimum atomic E-state index is -1.52.